The largest absolute Gasteiger partial charge is 0.333 e. The second kappa shape index (κ2) is 3.34. The van der Waals surface area contributed by atoms with Crippen LogP contribution in [-0.4, -0.2) is 47.5 Å². The summed E-state index contributed by atoms with van der Waals surface area (Å²) in [5.74, 6) is -1.72. The summed E-state index contributed by atoms with van der Waals surface area (Å²) in [5, 5.41) is 0. The Morgan fingerprint density at radius 2 is 1.85 bits per heavy atom. The van der Waals surface area contributed by atoms with Crippen LogP contribution in [0.1, 0.15) is 6.42 Å². The van der Waals surface area contributed by atoms with Crippen LogP contribution in [0.15, 0.2) is 0 Å². The minimum atomic E-state index is -0.866. The third-order valence-electron chi connectivity index (χ3n) is 1.72. The molecule has 6 heteroatoms. The predicted octanol–water partition coefficient (Wildman–Crippen LogP) is -1.00. The summed E-state index contributed by atoms with van der Waals surface area (Å²) in [5.41, 5.74) is 0. The molecule has 0 aromatic heterocycles. The van der Waals surface area contributed by atoms with E-state index in [0.29, 0.717) is 6.29 Å². The molecule has 1 rings (SSSR count). The average molecular weight is 184 g/mol. The van der Waals surface area contributed by atoms with Crippen molar-refractivity contribution in [2.75, 3.05) is 13.6 Å². The van der Waals surface area contributed by atoms with Crippen molar-refractivity contribution in [3.63, 3.8) is 0 Å². The molecule has 1 saturated heterocycles. The predicted molar refractivity (Wildman–Crippen MR) is 40.6 cm³/mol. The number of amides is 4. The molecule has 0 spiro atoms. The van der Waals surface area contributed by atoms with Crippen molar-refractivity contribution >= 4 is 24.1 Å². The standard InChI is InChI=1S/C7H8N2O4/c1-8-5(11)6(12)9(7(8)13)3-2-4-10/h4H,2-3H2,1H3. The Kier molecular flexibility index (Phi) is 2.41. The molecule has 0 unspecified atom stereocenters. The van der Waals surface area contributed by atoms with Crippen LogP contribution in [0.5, 0.6) is 0 Å². The number of hydrogen-bond donors (Lipinski definition) is 0. The summed E-state index contributed by atoms with van der Waals surface area (Å²) < 4.78 is 0. The topological polar surface area (TPSA) is 74.8 Å². The van der Waals surface area contributed by atoms with Crippen molar-refractivity contribution in [3.8, 4) is 0 Å². The van der Waals surface area contributed by atoms with E-state index >= 15 is 0 Å². The molecule has 4 amide bonds. The first-order valence-electron chi connectivity index (χ1n) is 3.66. The summed E-state index contributed by atoms with van der Waals surface area (Å²) in [6.45, 7) is -0.0305. The molecule has 0 radical (unpaired) electrons. The number of hydrogen-bond acceptors (Lipinski definition) is 4. The smallest absolute Gasteiger partial charge is 0.303 e. The van der Waals surface area contributed by atoms with E-state index in [-0.39, 0.29) is 13.0 Å². The summed E-state index contributed by atoms with van der Waals surface area (Å²) in [4.78, 5) is 44.6. The molecule has 0 aliphatic carbocycles. The maximum absolute atomic E-state index is 11.1. The maximum Gasteiger partial charge on any atom is 0.333 e. The third kappa shape index (κ3) is 1.42. The Hall–Kier alpha value is -1.72. The first-order chi connectivity index (χ1) is 6.09. The van der Waals surface area contributed by atoms with Gasteiger partial charge < -0.3 is 4.79 Å². The van der Waals surface area contributed by atoms with E-state index in [1.54, 1.807) is 0 Å². The van der Waals surface area contributed by atoms with Gasteiger partial charge in [-0.1, -0.05) is 0 Å². The highest BCUT2D eigenvalue weighted by Gasteiger charge is 2.41. The number of likely N-dealkylation sites (N-methyl/N-ethyl adjacent to an activating group) is 1. The van der Waals surface area contributed by atoms with E-state index in [9.17, 15) is 19.2 Å². The van der Waals surface area contributed by atoms with Gasteiger partial charge in [0.2, 0.25) is 0 Å². The van der Waals surface area contributed by atoms with Gasteiger partial charge in [-0.2, -0.15) is 0 Å². The monoisotopic (exact) mass is 184 g/mol. The van der Waals surface area contributed by atoms with Gasteiger partial charge in [0.15, 0.2) is 0 Å². The lowest BCUT2D eigenvalue weighted by molar-refractivity contribution is -0.142. The lowest BCUT2D eigenvalue weighted by Crippen LogP contribution is -2.32. The second-order valence-corrected chi connectivity index (χ2v) is 2.56. The van der Waals surface area contributed by atoms with Gasteiger partial charge in [-0.25, -0.2) is 4.79 Å². The fourth-order valence-corrected chi connectivity index (χ4v) is 0.993. The number of imide groups is 2. The molecule has 6 nitrogen and oxygen atoms in total. The van der Waals surface area contributed by atoms with Crippen molar-refractivity contribution in [3.05, 3.63) is 0 Å². The minimum absolute atomic E-state index is 0.0305. The zero-order valence-electron chi connectivity index (χ0n) is 7.02. The number of rotatable bonds is 3. The molecule has 1 aliphatic rings. The van der Waals surface area contributed by atoms with Crippen LogP contribution in [0.3, 0.4) is 0 Å². The van der Waals surface area contributed by atoms with E-state index in [1.165, 1.54) is 7.05 Å². The van der Waals surface area contributed by atoms with Crippen LogP contribution in [0, 0.1) is 0 Å². The zero-order chi connectivity index (χ0) is 10.0. The van der Waals surface area contributed by atoms with Crippen LogP contribution in [0.2, 0.25) is 0 Å². The lowest BCUT2D eigenvalue weighted by atomic mass is 10.4. The van der Waals surface area contributed by atoms with Crippen molar-refractivity contribution in [1.29, 1.82) is 0 Å². The fraction of sp³-hybridized carbons (Fsp3) is 0.429. The van der Waals surface area contributed by atoms with Crippen LogP contribution in [-0.2, 0) is 14.4 Å². The maximum atomic E-state index is 11.1. The van der Waals surface area contributed by atoms with Gasteiger partial charge in [0.05, 0.1) is 0 Å². The Morgan fingerprint density at radius 3 is 2.23 bits per heavy atom. The number of urea groups is 1. The number of nitrogens with zero attached hydrogens (tertiary/aromatic N) is 2. The van der Waals surface area contributed by atoms with E-state index < -0.39 is 17.8 Å². The molecule has 0 saturated carbocycles. The van der Waals surface area contributed by atoms with Crippen molar-refractivity contribution in [2.45, 2.75) is 6.42 Å². The van der Waals surface area contributed by atoms with E-state index in [0.717, 1.165) is 9.80 Å². The van der Waals surface area contributed by atoms with Gasteiger partial charge in [-0.05, 0) is 0 Å². The number of aldehydes is 1. The number of carbonyl (C=O) groups excluding carboxylic acids is 4. The molecule has 70 valence electrons. The molecule has 1 heterocycles. The molecule has 0 N–H and O–H groups in total. The zero-order valence-corrected chi connectivity index (χ0v) is 7.02. The van der Waals surface area contributed by atoms with Gasteiger partial charge >= 0.3 is 17.8 Å². The normalized spacial score (nSPS) is 17.2. The van der Waals surface area contributed by atoms with Crippen LogP contribution in [0.25, 0.3) is 0 Å². The Labute approximate surface area is 74.1 Å². The van der Waals surface area contributed by atoms with Crippen molar-refractivity contribution < 1.29 is 19.2 Å². The summed E-state index contributed by atoms with van der Waals surface area (Å²) >= 11 is 0. The van der Waals surface area contributed by atoms with Gasteiger partial charge in [0.1, 0.15) is 6.29 Å². The summed E-state index contributed by atoms with van der Waals surface area (Å²) in [7, 11) is 1.23. The van der Waals surface area contributed by atoms with E-state index in [1.807, 2.05) is 0 Å². The first kappa shape index (κ1) is 9.37. The molecule has 0 aromatic carbocycles. The van der Waals surface area contributed by atoms with Crippen LogP contribution in [0.4, 0.5) is 4.79 Å². The Bertz CT molecular complexity index is 286. The molecule has 0 bridgehead atoms. The summed E-state index contributed by atoms with van der Waals surface area (Å²) in [6, 6.07) is -0.670. The van der Waals surface area contributed by atoms with Gasteiger partial charge in [-0.3, -0.25) is 19.4 Å². The highest BCUT2D eigenvalue weighted by molar-refractivity contribution is 6.44. The Balaban J connectivity index is 2.75. The first-order valence-corrected chi connectivity index (χ1v) is 3.66. The van der Waals surface area contributed by atoms with E-state index in [4.69, 9.17) is 0 Å². The molecule has 0 atom stereocenters. The van der Waals surface area contributed by atoms with Crippen LogP contribution >= 0.6 is 0 Å². The minimum Gasteiger partial charge on any atom is -0.303 e. The lowest BCUT2D eigenvalue weighted by Gasteiger charge is -2.09. The molecule has 1 aliphatic heterocycles. The third-order valence-corrected chi connectivity index (χ3v) is 1.72. The SMILES string of the molecule is CN1C(=O)C(=O)N(CCC=O)C1=O. The molecule has 0 aromatic rings. The molecule has 13 heavy (non-hydrogen) atoms. The number of carbonyl (C=O) groups is 4. The molecular formula is C7H8N2O4. The fourth-order valence-electron chi connectivity index (χ4n) is 0.993. The van der Waals surface area contributed by atoms with Gasteiger partial charge in [-0.15, -0.1) is 0 Å². The van der Waals surface area contributed by atoms with Gasteiger partial charge in [0.25, 0.3) is 0 Å². The molecular weight excluding hydrogens is 176 g/mol. The quantitative estimate of drug-likeness (QED) is 0.320. The van der Waals surface area contributed by atoms with Gasteiger partial charge in [0, 0.05) is 20.0 Å². The van der Waals surface area contributed by atoms with Crippen molar-refractivity contribution in [2.24, 2.45) is 0 Å². The summed E-state index contributed by atoms with van der Waals surface area (Å²) in [6.07, 6.45) is 0.641. The van der Waals surface area contributed by atoms with Crippen LogP contribution < -0.4 is 0 Å². The average Bonchev–Trinajstić information content (AvgIpc) is 2.30. The van der Waals surface area contributed by atoms with Crippen molar-refractivity contribution in [1.82, 2.24) is 9.80 Å². The Morgan fingerprint density at radius 1 is 1.23 bits per heavy atom. The highest BCUT2D eigenvalue weighted by Crippen LogP contribution is 2.09. The molecule has 1 fully saturated rings. The van der Waals surface area contributed by atoms with E-state index in [2.05, 4.69) is 0 Å². The highest BCUT2D eigenvalue weighted by atomic mass is 16.2. The second-order valence-electron chi connectivity index (χ2n) is 2.56.